The van der Waals surface area contributed by atoms with Gasteiger partial charge in [0.1, 0.15) is 0 Å². The van der Waals surface area contributed by atoms with Gasteiger partial charge in [0.15, 0.2) is 0 Å². The molecule has 2 amide bonds. The minimum Gasteiger partial charge on any atom is -0.345 e. The monoisotopic (exact) mass is 365 g/mol. The molecule has 1 saturated heterocycles. The van der Waals surface area contributed by atoms with Gasteiger partial charge in [0.05, 0.1) is 6.04 Å². The number of carbonyl (C=O) groups is 2. The van der Waals surface area contributed by atoms with Gasteiger partial charge in [-0.15, -0.1) is 0 Å². The highest BCUT2D eigenvalue weighted by molar-refractivity contribution is 5.84. The lowest BCUT2D eigenvalue weighted by atomic mass is 9.99. The van der Waals surface area contributed by atoms with Crippen molar-refractivity contribution in [3.05, 3.63) is 66.0 Å². The first-order valence-corrected chi connectivity index (χ1v) is 9.76. The van der Waals surface area contributed by atoms with Crippen molar-refractivity contribution in [2.24, 2.45) is 0 Å². The molecule has 5 nitrogen and oxygen atoms in total. The van der Waals surface area contributed by atoms with Crippen LogP contribution in [0.4, 0.5) is 0 Å². The molecule has 5 heteroatoms. The van der Waals surface area contributed by atoms with Gasteiger partial charge in [-0.25, -0.2) is 0 Å². The molecular weight excluding hydrogens is 338 g/mol. The number of likely N-dealkylation sites (tertiary alicyclic amines) is 1. The summed E-state index contributed by atoms with van der Waals surface area (Å²) in [5.74, 6) is -0.0175. The molecule has 142 valence electrons. The number of hydrogen-bond acceptors (Lipinski definition) is 3. The fraction of sp³-hybridized carbons (Fsp3) is 0.409. The van der Waals surface area contributed by atoms with E-state index in [0.29, 0.717) is 0 Å². The number of nitrogens with zero attached hydrogens (tertiary/aromatic N) is 2. The third-order valence-corrected chi connectivity index (χ3v) is 5.00. The van der Waals surface area contributed by atoms with Crippen molar-refractivity contribution in [1.29, 1.82) is 0 Å². The number of carbonyl (C=O) groups excluding carboxylic acids is 2. The second-order valence-electron chi connectivity index (χ2n) is 6.99. The van der Waals surface area contributed by atoms with E-state index < -0.39 is 0 Å². The van der Waals surface area contributed by atoms with Crippen LogP contribution >= 0.6 is 0 Å². The zero-order chi connectivity index (χ0) is 18.9. The molecule has 1 atom stereocenters. The lowest BCUT2D eigenvalue weighted by Gasteiger charge is -2.22. The van der Waals surface area contributed by atoms with Crippen LogP contribution in [-0.2, 0) is 9.59 Å². The topological polar surface area (TPSA) is 62.3 Å². The van der Waals surface area contributed by atoms with Gasteiger partial charge in [-0.1, -0.05) is 43.2 Å². The largest absolute Gasteiger partial charge is 0.345 e. The van der Waals surface area contributed by atoms with Crippen LogP contribution < -0.4 is 5.32 Å². The number of hydrogen-bond donors (Lipinski definition) is 1. The fourth-order valence-electron chi connectivity index (χ4n) is 3.49. The zero-order valence-electron chi connectivity index (χ0n) is 15.6. The Balaban J connectivity index is 1.60. The number of benzene rings is 1. The van der Waals surface area contributed by atoms with Gasteiger partial charge in [-0.3, -0.25) is 14.6 Å². The van der Waals surface area contributed by atoms with E-state index in [1.807, 2.05) is 47.4 Å². The number of nitrogens with one attached hydrogen (secondary N) is 1. The number of aromatic nitrogens is 1. The lowest BCUT2D eigenvalue weighted by Crippen LogP contribution is -2.34. The predicted octanol–water partition coefficient (Wildman–Crippen LogP) is 3.47. The molecule has 3 rings (SSSR count). The van der Waals surface area contributed by atoms with Crippen LogP contribution in [0.3, 0.4) is 0 Å². The summed E-state index contributed by atoms with van der Waals surface area (Å²) in [5, 5.41) is 3.08. The van der Waals surface area contributed by atoms with E-state index >= 15 is 0 Å². The summed E-state index contributed by atoms with van der Waals surface area (Å²) in [4.78, 5) is 30.9. The van der Waals surface area contributed by atoms with Crippen LogP contribution in [0, 0.1) is 0 Å². The third-order valence-electron chi connectivity index (χ3n) is 5.00. The molecule has 27 heavy (non-hydrogen) atoms. The summed E-state index contributed by atoms with van der Waals surface area (Å²) < 4.78 is 0. The summed E-state index contributed by atoms with van der Waals surface area (Å²) in [5.41, 5.74) is 1.99. The second-order valence-corrected chi connectivity index (χ2v) is 6.99. The van der Waals surface area contributed by atoms with Crippen LogP contribution in [-0.4, -0.2) is 34.8 Å². The first kappa shape index (κ1) is 19.1. The van der Waals surface area contributed by atoms with Gasteiger partial charge in [-0.2, -0.15) is 0 Å². The number of rotatable bonds is 6. The highest BCUT2D eigenvalue weighted by Gasteiger charge is 2.19. The normalized spacial score (nSPS) is 15.6. The van der Waals surface area contributed by atoms with E-state index in [4.69, 9.17) is 0 Å². The third kappa shape index (κ3) is 5.64. The molecule has 1 aromatic carbocycles. The van der Waals surface area contributed by atoms with Crippen LogP contribution in [0.25, 0.3) is 0 Å². The van der Waals surface area contributed by atoms with Crippen LogP contribution in [0.15, 0.2) is 54.9 Å². The Labute approximate surface area is 160 Å². The Hall–Kier alpha value is -2.69. The maximum atomic E-state index is 12.6. The van der Waals surface area contributed by atoms with Gasteiger partial charge in [0.25, 0.3) is 0 Å². The maximum absolute atomic E-state index is 12.6. The Bertz CT molecular complexity index is 686. The first-order chi connectivity index (χ1) is 13.2. The molecule has 1 fully saturated rings. The van der Waals surface area contributed by atoms with Crippen molar-refractivity contribution in [1.82, 2.24) is 15.2 Å². The molecule has 1 unspecified atom stereocenters. The molecule has 2 aromatic rings. The van der Waals surface area contributed by atoms with Crippen molar-refractivity contribution in [2.45, 2.75) is 44.6 Å². The van der Waals surface area contributed by atoms with E-state index in [9.17, 15) is 9.59 Å². The van der Waals surface area contributed by atoms with Crippen molar-refractivity contribution in [3.8, 4) is 0 Å². The van der Waals surface area contributed by atoms with Crippen LogP contribution in [0.1, 0.15) is 55.7 Å². The first-order valence-electron chi connectivity index (χ1n) is 9.76. The second kappa shape index (κ2) is 9.86. The zero-order valence-corrected chi connectivity index (χ0v) is 15.6. The summed E-state index contributed by atoms with van der Waals surface area (Å²) in [6, 6.07) is 13.4. The summed E-state index contributed by atoms with van der Waals surface area (Å²) in [6.45, 7) is 1.65. The van der Waals surface area contributed by atoms with Crippen molar-refractivity contribution < 1.29 is 9.59 Å². The average Bonchev–Trinajstić information content (AvgIpc) is 3.01. The fourth-order valence-corrected chi connectivity index (χ4v) is 3.49. The molecule has 0 spiro atoms. The van der Waals surface area contributed by atoms with E-state index in [-0.39, 0.29) is 30.7 Å². The molecule has 1 N–H and O–H groups in total. The summed E-state index contributed by atoms with van der Waals surface area (Å²) in [6.07, 6.45) is 8.43. The molecule has 0 bridgehead atoms. The minimum absolute atomic E-state index is 0.0900. The van der Waals surface area contributed by atoms with Crippen molar-refractivity contribution in [2.75, 3.05) is 13.1 Å². The minimum atomic E-state index is -0.241. The highest BCUT2D eigenvalue weighted by atomic mass is 16.2. The summed E-state index contributed by atoms with van der Waals surface area (Å²) in [7, 11) is 0. The van der Waals surface area contributed by atoms with Crippen LogP contribution in [0.2, 0.25) is 0 Å². The maximum Gasteiger partial charge on any atom is 0.223 e. The standard InChI is InChI=1S/C22H27N3O2/c26-20(10-11-21(27)25-16-6-1-2-7-17-25)24-22(18-8-4-3-5-9-18)19-12-14-23-15-13-19/h3-5,8-9,12-15,22H,1-2,6-7,10-11,16-17H2,(H,24,26). The molecule has 1 aliphatic rings. The predicted molar refractivity (Wildman–Crippen MR) is 105 cm³/mol. The Kier molecular flexibility index (Phi) is 6.97. The quantitative estimate of drug-likeness (QED) is 0.853. The molecule has 2 heterocycles. The smallest absolute Gasteiger partial charge is 0.223 e. The lowest BCUT2D eigenvalue weighted by molar-refractivity contribution is -0.133. The van der Waals surface area contributed by atoms with Gasteiger partial charge < -0.3 is 10.2 Å². The van der Waals surface area contributed by atoms with E-state index in [1.54, 1.807) is 12.4 Å². The molecular formula is C22H27N3O2. The Morgan fingerprint density at radius 2 is 1.52 bits per heavy atom. The van der Waals surface area contributed by atoms with Crippen LogP contribution in [0.5, 0.6) is 0 Å². The Morgan fingerprint density at radius 3 is 2.19 bits per heavy atom. The van der Waals surface area contributed by atoms with E-state index in [1.165, 1.54) is 12.8 Å². The molecule has 0 saturated carbocycles. The SMILES string of the molecule is O=C(CCC(=O)N1CCCCCC1)NC(c1ccccc1)c1ccncc1. The number of pyridine rings is 1. The van der Waals surface area contributed by atoms with Crippen molar-refractivity contribution in [3.63, 3.8) is 0 Å². The number of amides is 2. The summed E-state index contributed by atoms with van der Waals surface area (Å²) >= 11 is 0. The molecule has 0 radical (unpaired) electrons. The van der Waals surface area contributed by atoms with Crippen molar-refractivity contribution >= 4 is 11.8 Å². The van der Waals surface area contributed by atoms with Gasteiger partial charge in [-0.05, 0) is 36.1 Å². The average molecular weight is 365 g/mol. The molecule has 1 aliphatic heterocycles. The highest BCUT2D eigenvalue weighted by Crippen LogP contribution is 2.21. The van der Waals surface area contributed by atoms with E-state index in [0.717, 1.165) is 37.1 Å². The Morgan fingerprint density at radius 1 is 0.889 bits per heavy atom. The van der Waals surface area contributed by atoms with Gasteiger partial charge in [0.2, 0.25) is 11.8 Å². The van der Waals surface area contributed by atoms with Gasteiger partial charge in [0, 0.05) is 38.3 Å². The van der Waals surface area contributed by atoms with Gasteiger partial charge >= 0.3 is 0 Å². The van der Waals surface area contributed by atoms with E-state index in [2.05, 4.69) is 10.3 Å². The molecule has 1 aromatic heterocycles. The molecule has 0 aliphatic carbocycles.